The van der Waals surface area contributed by atoms with Crippen LogP contribution in [-0.4, -0.2) is 38.3 Å². The third-order valence-electron chi connectivity index (χ3n) is 3.25. The minimum absolute atomic E-state index is 0.0317. The van der Waals surface area contributed by atoms with E-state index in [2.05, 4.69) is 26.2 Å². The van der Waals surface area contributed by atoms with Gasteiger partial charge in [-0.05, 0) is 28.1 Å². The number of amides is 1. The first-order valence-electron chi connectivity index (χ1n) is 7.09. The molecule has 3 rings (SSSR count). The van der Waals surface area contributed by atoms with Crippen molar-refractivity contribution in [1.29, 1.82) is 0 Å². The molecule has 1 aromatic heterocycles. The molecule has 0 saturated heterocycles. The topological polar surface area (TPSA) is 94.6 Å². The van der Waals surface area contributed by atoms with Gasteiger partial charge in [0.25, 0.3) is 0 Å². The second-order valence-electron chi connectivity index (χ2n) is 5.07. The van der Waals surface area contributed by atoms with Gasteiger partial charge in [-0.1, -0.05) is 11.6 Å². The lowest BCUT2D eigenvalue weighted by Gasteiger charge is -2.20. The fourth-order valence-corrected chi connectivity index (χ4v) is 4.22. The molecule has 1 N–H and O–H groups in total. The van der Waals surface area contributed by atoms with Gasteiger partial charge in [0.1, 0.15) is 19.0 Å². The molecule has 1 aliphatic rings. The van der Waals surface area contributed by atoms with Gasteiger partial charge in [-0.25, -0.2) is 13.4 Å². The van der Waals surface area contributed by atoms with Gasteiger partial charge in [0.2, 0.25) is 15.7 Å². The first-order chi connectivity index (χ1) is 11.9. The molecule has 132 valence electrons. The lowest BCUT2D eigenvalue weighted by Crippen LogP contribution is -2.24. The third kappa shape index (κ3) is 4.05. The Morgan fingerprint density at radius 2 is 1.96 bits per heavy atom. The minimum atomic E-state index is -3.97. The fourth-order valence-electron chi connectivity index (χ4n) is 2.19. The number of rotatable bonds is 4. The second kappa shape index (κ2) is 7.19. The van der Waals surface area contributed by atoms with Gasteiger partial charge in [-0.15, -0.1) is 0 Å². The number of hydrogen-bond donors (Lipinski definition) is 1. The van der Waals surface area contributed by atoms with Gasteiger partial charge in [-0.2, -0.15) is 0 Å². The van der Waals surface area contributed by atoms with Crippen LogP contribution in [0.4, 0.5) is 5.69 Å². The van der Waals surface area contributed by atoms with Crippen LogP contribution >= 0.6 is 27.5 Å². The molecule has 1 aliphatic heterocycles. The maximum Gasteiger partial charge on any atom is 0.240 e. The van der Waals surface area contributed by atoms with Crippen molar-refractivity contribution in [3.05, 3.63) is 40.0 Å². The lowest BCUT2D eigenvalue weighted by atomic mass is 10.2. The van der Waals surface area contributed by atoms with E-state index in [4.69, 9.17) is 21.1 Å². The number of fused-ring (bicyclic) bond motifs is 1. The van der Waals surface area contributed by atoms with E-state index >= 15 is 0 Å². The zero-order chi connectivity index (χ0) is 18.0. The summed E-state index contributed by atoms with van der Waals surface area (Å²) >= 11 is 9.15. The van der Waals surface area contributed by atoms with E-state index in [1.54, 1.807) is 12.1 Å². The number of halogens is 2. The fraction of sp³-hybridized carbons (Fsp3) is 0.200. The molecule has 7 nitrogen and oxygen atoms in total. The van der Waals surface area contributed by atoms with Crippen molar-refractivity contribution in [1.82, 2.24) is 4.98 Å². The van der Waals surface area contributed by atoms with Crippen molar-refractivity contribution in [2.24, 2.45) is 0 Å². The standard InChI is InChI=1S/C15H12BrClN2O5S/c16-9-6-12-13(24-5-4-23-12)7-11(9)19-14(20)8-25(21,22)15-10(17)2-1-3-18-15/h1-3,6-7H,4-5,8H2,(H,19,20). The van der Waals surface area contributed by atoms with Crippen LogP contribution in [0, 0.1) is 0 Å². The summed E-state index contributed by atoms with van der Waals surface area (Å²) in [6.45, 7) is 0.836. The second-order valence-corrected chi connectivity index (χ2v) is 8.24. The number of carbonyl (C=O) groups is 1. The molecular weight excluding hydrogens is 436 g/mol. The smallest absolute Gasteiger partial charge is 0.240 e. The first kappa shape index (κ1) is 18.0. The van der Waals surface area contributed by atoms with E-state index < -0.39 is 21.5 Å². The Morgan fingerprint density at radius 3 is 2.64 bits per heavy atom. The average molecular weight is 448 g/mol. The van der Waals surface area contributed by atoms with Gasteiger partial charge >= 0.3 is 0 Å². The summed E-state index contributed by atoms with van der Waals surface area (Å²) in [6.07, 6.45) is 1.30. The highest BCUT2D eigenvalue weighted by atomic mass is 79.9. The lowest BCUT2D eigenvalue weighted by molar-refractivity contribution is -0.113. The van der Waals surface area contributed by atoms with Crippen LogP contribution in [0.2, 0.25) is 5.02 Å². The Balaban J connectivity index is 1.78. The molecule has 0 spiro atoms. The number of ether oxygens (including phenoxy) is 2. The number of benzene rings is 1. The van der Waals surface area contributed by atoms with E-state index in [1.165, 1.54) is 18.3 Å². The number of sulfone groups is 1. The Hall–Kier alpha value is -1.84. The van der Waals surface area contributed by atoms with Gasteiger partial charge in [0.15, 0.2) is 16.5 Å². The number of nitrogens with one attached hydrogen (secondary N) is 1. The Bertz CT molecular complexity index is 936. The summed E-state index contributed by atoms with van der Waals surface area (Å²) < 4.78 is 36.0. The molecule has 25 heavy (non-hydrogen) atoms. The minimum Gasteiger partial charge on any atom is -0.486 e. The Morgan fingerprint density at radius 1 is 1.28 bits per heavy atom. The van der Waals surface area contributed by atoms with Crippen LogP contribution in [0.5, 0.6) is 11.5 Å². The summed E-state index contributed by atoms with van der Waals surface area (Å²) in [7, 11) is -3.97. The maximum absolute atomic E-state index is 12.3. The Kier molecular flexibility index (Phi) is 5.16. The summed E-state index contributed by atoms with van der Waals surface area (Å²) in [5.74, 6) is -0.492. The van der Waals surface area contributed by atoms with Crippen LogP contribution in [0.25, 0.3) is 0 Å². The summed E-state index contributed by atoms with van der Waals surface area (Å²) in [6, 6.07) is 6.12. The number of pyridine rings is 1. The van der Waals surface area contributed by atoms with Gasteiger partial charge in [-0.3, -0.25) is 4.79 Å². The molecular formula is C15H12BrClN2O5S. The van der Waals surface area contributed by atoms with E-state index in [0.29, 0.717) is 34.9 Å². The number of anilines is 1. The predicted molar refractivity (Wildman–Crippen MR) is 95.1 cm³/mol. The predicted octanol–water partition coefficient (Wildman–Crippen LogP) is 2.68. The molecule has 0 aliphatic carbocycles. The van der Waals surface area contributed by atoms with E-state index in [9.17, 15) is 13.2 Å². The zero-order valence-corrected chi connectivity index (χ0v) is 15.8. The van der Waals surface area contributed by atoms with Crippen LogP contribution in [0.15, 0.2) is 40.0 Å². The van der Waals surface area contributed by atoms with Gasteiger partial charge < -0.3 is 14.8 Å². The maximum atomic E-state index is 12.3. The summed E-state index contributed by atoms with van der Waals surface area (Å²) in [5, 5.41) is 2.18. The van der Waals surface area contributed by atoms with Crippen molar-refractivity contribution in [2.45, 2.75) is 5.03 Å². The highest BCUT2D eigenvalue weighted by Gasteiger charge is 2.24. The van der Waals surface area contributed by atoms with Crippen molar-refractivity contribution in [2.75, 3.05) is 24.3 Å². The number of carbonyl (C=O) groups excluding carboxylic acids is 1. The number of hydrogen-bond acceptors (Lipinski definition) is 6. The van der Waals surface area contributed by atoms with E-state index in [0.717, 1.165) is 0 Å². The highest BCUT2D eigenvalue weighted by Crippen LogP contribution is 2.38. The molecule has 0 unspecified atom stereocenters. The van der Waals surface area contributed by atoms with Gasteiger partial charge in [0.05, 0.1) is 10.7 Å². The van der Waals surface area contributed by atoms with E-state index in [1.807, 2.05) is 0 Å². The molecule has 2 heterocycles. The van der Waals surface area contributed by atoms with Crippen molar-refractivity contribution >= 4 is 49.0 Å². The molecule has 0 atom stereocenters. The van der Waals surface area contributed by atoms with Crippen LogP contribution in [0.3, 0.4) is 0 Å². The van der Waals surface area contributed by atoms with Crippen LogP contribution < -0.4 is 14.8 Å². The normalized spacial score (nSPS) is 13.4. The zero-order valence-electron chi connectivity index (χ0n) is 12.7. The van der Waals surface area contributed by atoms with Crippen LogP contribution in [-0.2, 0) is 14.6 Å². The molecule has 1 amide bonds. The van der Waals surface area contributed by atoms with Crippen molar-refractivity contribution < 1.29 is 22.7 Å². The monoisotopic (exact) mass is 446 g/mol. The van der Waals surface area contributed by atoms with Crippen molar-refractivity contribution in [3.8, 4) is 11.5 Å². The average Bonchev–Trinajstić information content (AvgIpc) is 2.55. The number of nitrogens with zero attached hydrogens (tertiary/aromatic N) is 1. The molecule has 2 aromatic rings. The molecule has 0 saturated carbocycles. The molecule has 0 fully saturated rings. The first-order valence-corrected chi connectivity index (χ1v) is 9.91. The SMILES string of the molecule is O=C(CS(=O)(=O)c1ncccc1Cl)Nc1cc2c(cc1Br)OCCO2. The molecule has 1 aromatic carbocycles. The summed E-state index contributed by atoms with van der Waals surface area (Å²) in [5.41, 5.74) is 0.372. The van der Waals surface area contributed by atoms with Gasteiger partial charge in [0, 0.05) is 22.8 Å². The highest BCUT2D eigenvalue weighted by molar-refractivity contribution is 9.10. The van der Waals surface area contributed by atoms with Crippen molar-refractivity contribution in [3.63, 3.8) is 0 Å². The third-order valence-corrected chi connectivity index (χ3v) is 5.88. The quantitative estimate of drug-likeness (QED) is 0.774. The largest absolute Gasteiger partial charge is 0.486 e. The Labute approximate surface area is 157 Å². The molecule has 0 radical (unpaired) electrons. The summed E-state index contributed by atoms with van der Waals surface area (Å²) in [4.78, 5) is 15.9. The molecule has 0 bridgehead atoms. The molecule has 10 heteroatoms. The number of aromatic nitrogens is 1. The van der Waals surface area contributed by atoms with Crippen LogP contribution in [0.1, 0.15) is 0 Å². The van der Waals surface area contributed by atoms with E-state index in [-0.39, 0.29) is 10.0 Å².